The van der Waals surface area contributed by atoms with Gasteiger partial charge in [0.2, 0.25) is 0 Å². The summed E-state index contributed by atoms with van der Waals surface area (Å²) in [7, 11) is -1.12. The number of anilines is 1. The van der Waals surface area contributed by atoms with Crippen LogP contribution in [0.5, 0.6) is 5.75 Å². The van der Waals surface area contributed by atoms with E-state index in [1.807, 2.05) is 18.2 Å². The average Bonchev–Trinajstić information content (AvgIpc) is 2.74. The number of piperazine rings is 1. The van der Waals surface area contributed by atoms with Crippen LogP contribution in [0.4, 0.5) is 5.69 Å². The molecule has 1 aromatic rings. The Morgan fingerprint density at radius 3 is 2.40 bits per heavy atom. The van der Waals surface area contributed by atoms with Gasteiger partial charge in [-0.3, -0.25) is 9.89 Å². The van der Waals surface area contributed by atoms with Gasteiger partial charge in [0.15, 0.2) is 15.8 Å². The largest absolute Gasteiger partial charge is 0.495 e. The molecule has 0 aromatic heterocycles. The molecule has 2 fully saturated rings. The fourth-order valence-electron chi connectivity index (χ4n) is 3.75. The summed E-state index contributed by atoms with van der Waals surface area (Å²) in [5, 5.41) is 3.40. The third-order valence-electron chi connectivity index (χ3n) is 5.45. The van der Waals surface area contributed by atoms with Gasteiger partial charge in [0.1, 0.15) is 5.75 Å². The number of hydrogen-bond acceptors (Lipinski definition) is 6. The molecule has 0 aliphatic carbocycles. The van der Waals surface area contributed by atoms with Crippen LogP contribution in [-0.4, -0.2) is 102 Å². The van der Waals surface area contributed by atoms with Crippen molar-refractivity contribution in [1.82, 2.24) is 15.1 Å². The molecular formula is C20H34IN5O3S. The van der Waals surface area contributed by atoms with E-state index in [-0.39, 0.29) is 35.5 Å². The zero-order valence-corrected chi connectivity index (χ0v) is 21.1. The van der Waals surface area contributed by atoms with Gasteiger partial charge in [-0.1, -0.05) is 12.1 Å². The minimum Gasteiger partial charge on any atom is -0.495 e. The second-order valence-electron chi connectivity index (χ2n) is 7.38. The predicted octanol–water partition coefficient (Wildman–Crippen LogP) is 1.13. The molecule has 0 amide bonds. The first-order valence-electron chi connectivity index (χ1n) is 10.4. The lowest BCUT2D eigenvalue weighted by molar-refractivity contribution is 0.302. The van der Waals surface area contributed by atoms with Gasteiger partial charge in [0.05, 0.1) is 30.8 Å². The topological polar surface area (TPSA) is 77.5 Å². The lowest BCUT2D eigenvalue weighted by atomic mass is 10.2. The first-order valence-corrected chi connectivity index (χ1v) is 12.2. The molecule has 2 aliphatic rings. The number of rotatable bonds is 6. The number of ether oxygens (including phenoxy) is 1. The fraction of sp³-hybridized carbons (Fsp3) is 0.650. The Morgan fingerprint density at radius 1 is 1.10 bits per heavy atom. The van der Waals surface area contributed by atoms with Gasteiger partial charge in [0, 0.05) is 52.4 Å². The second kappa shape index (κ2) is 11.9. The summed E-state index contributed by atoms with van der Waals surface area (Å²) in [6, 6.07) is 8.14. The molecule has 10 heteroatoms. The van der Waals surface area contributed by atoms with Gasteiger partial charge in [0.25, 0.3) is 0 Å². The molecule has 8 nitrogen and oxygen atoms in total. The molecule has 1 aromatic carbocycles. The van der Waals surface area contributed by atoms with Crippen LogP contribution in [0, 0.1) is 0 Å². The molecule has 2 aliphatic heterocycles. The minimum absolute atomic E-state index is 0. The van der Waals surface area contributed by atoms with Crippen LogP contribution in [-0.2, 0) is 9.84 Å². The molecule has 0 spiro atoms. The fourth-order valence-corrected chi connectivity index (χ4v) is 5.02. The van der Waals surface area contributed by atoms with Crippen LogP contribution in [0.3, 0.4) is 0 Å². The Kier molecular flexibility index (Phi) is 9.95. The highest BCUT2D eigenvalue weighted by molar-refractivity contribution is 14.0. The van der Waals surface area contributed by atoms with Gasteiger partial charge in [-0.15, -0.1) is 24.0 Å². The molecule has 2 saturated heterocycles. The van der Waals surface area contributed by atoms with E-state index < -0.39 is 9.84 Å². The summed E-state index contributed by atoms with van der Waals surface area (Å²) in [6.07, 6.45) is 0. The van der Waals surface area contributed by atoms with Gasteiger partial charge in [-0.05, 0) is 19.1 Å². The number of aliphatic imine (C=N–C) groups is 1. The predicted molar refractivity (Wildman–Crippen MR) is 133 cm³/mol. The van der Waals surface area contributed by atoms with Crippen molar-refractivity contribution in [2.75, 3.05) is 82.4 Å². The smallest absolute Gasteiger partial charge is 0.194 e. The first-order chi connectivity index (χ1) is 14.0. The van der Waals surface area contributed by atoms with E-state index in [0.29, 0.717) is 19.6 Å². The maximum absolute atomic E-state index is 11.6. The first kappa shape index (κ1) is 25.0. The number of hydrogen-bond donors (Lipinski definition) is 1. The summed E-state index contributed by atoms with van der Waals surface area (Å²) in [6.45, 7) is 9.23. The maximum atomic E-state index is 11.6. The van der Waals surface area contributed by atoms with Gasteiger partial charge in [-0.2, -0.15) is 0 Å². The van der Waals surface area contributed by atoms with Crippen molar-refractivity contribution < 1.29 is 13.2 Å². The van der Waals surface area contributed by atoms with Gasteiger partial charge >= 0.3 is 0 Å². The molecule has 0 unspecified atom stereocenters. The molecule has 30 heavy (non-hydrogen) atoms. The van der Waals surface area contributed by atoms with Crippen LogP contribution in [0.25, 0.3) is 0 Å². The molecule has 0 bridgehead atoms. The Balaban J connectivity index is 0.00000320. The zero-order valence-electron chi connectivity index (χ0n) is 17.9. The third-order valence-corrected chi connectivity index (χ3v) is 7.06. The van der Waals surface area contributed by atoms with E-state index in [4.69, 9.17) is 9.73 Å². The standard InChI is InChI=1S/C20H33N5O3S.HI/c1-3-21-20(22-8-9-23-14-16-29(26,27)17-15-23)25-12-10-24(11-13-25)18-6-4-5-7-19(18)28-2;/h4-7H,3,8-17H2,1-2H3,(H,21,22);1H. The van der Waals surface area contributed by atoms with E-state index in [1.54, 1.807) is 7.11 Å². The average molecular weight is 551 g/mol. The number of methoxy groups -OCH3 is 1. The monoisotopic (exact) mass is 551 g/mol. The number of para-hydroxylation sites is 2. The van der Waals surface area contributed by atoms with E-state index in [0.717, 1.165) is 56.7 Å². The minimum atomic E-state index is -2.83. The van der Waals surface area contributed by atoms with Crippen molar-refractivity contribution >= 4 is 45.5 Å². The van der Waals surface area contributed by atoms with Crippen LogP contribution in [0.15, 0.2) is 29.3 Å². The van der Waals surface area contributed by atoms with E-state index in [2.05, 4.69) is 33.0 Å². The van der Waals surface area contributed by atoms with Crippen LogP contribution >= 0.6 is 24.0 Å². The lowest BCUT2D eigenvalue weighted by Gasteiger charge is -2.38. The van der Waals surface area contributed by atoms with E-state index in [1.165, 1.54) is 0 Å². The number of benzene rings is 1. The number of nitrogens with zero attached hydrogens (tertiary/aromatic N) is 4. The summed E-state index contributed by atoms with van der Waals surface area (Å²) in [5.74, 6) is 2.38. The zero-order chi connectivity index (χ0) is 20.7. The summed E-state index contributed by atoms with van der Waals surface area (Å²) >= 11 is 0. The number of guanidine groups is 1. The molecule has 3 rings (SSSR count). The number of sulfone groups is 1. The summed E-state index contributed by atoms with van der Waals surface area (Å²) in [4.78, 5) is 11.6. The molecule has 170 valence electrons. The Bertz CT molecular complexity index is 783. The number of nitrogens with one attached hydrogen (secondary N) is 1. The Hall–Kier alpha value is -1.27. The van der Waals surface area contributed by atoms with Crippen molar-refractivity contribution in [2.45, 2.75) is 6.92 Å². The quantitative estimate of drug-likeness (QED) is 0.323. The molecule has 0 radical (unpaired) electrons. The second-order valence-corrected chi connectivity index (χ2v) is 9.68. The van der Waals surface area contributed by atoms with Crippen molar-refractivity contribution in [3.8, 4) is 5.75 Å². The molecular weight excluding hydrogens is 517 g/mol. The van der Waals surface area contributed by atoms with Crippen molar-refractivity contribution in [3.63, 3.8) is 0 Å². The Morgan fingerprint density at radius 2 is 1.77 bits per heavy atom. The SMILES string of the molecule is CCNC(=NCCN1CCS(=O)(=O)CC1)N1CCN(c2ccccc2OC)CC1.I. The highest BCUT2D eigenvalue weighted by Crippen LogP contribution is 2.28. The van der Waals surface area contributed by atoms with Crippen molar-refractivity contribution in [2.24, 2.45) is 4.99 Å². The summed E-state index contributed by atoms with van der Waals surface area (Å²) < 4.78 is 28.6. The highest BCUT2D eigenvalue weighted by atomic mass is 127. The lowest BCUT2D eigenvalue weighted by Crippen LogP contribution is -2.52. The molecule has 1 N–H and O–H groups in total. The maximum Gasteiger partial charge on any atom is 0.194 e. The Labute approximate surface area is 197 Å². The highest BCUT2D eigenvalue weighted by Gasteiger charge is 2.23. The summed E-state index contributed by atoms with van der Waals surface area (Å²) in [5.41, 5.74) is 1.14. The van der Waals surface area contributed by atoms with Crippen LogP contribution in [0.1, 0.15) is 6.92 Å². The van der Waals surface area contributed by atoms with E-state index >= 15 is 0 Å². The van der Waals surface area contributed by atoms with Gasteiger partial charge in [-0.25, -0.2) is 8.42 Å². The third kappa shape index (κ3) is 6.88. The molecule has 0 saturated carbocycles. The van der Waals surface area contributed by atoms with Gasteiger partial charge < -0.3 is 19.9 Å². The van der Waals surface area contributed by atoms with Crippen molar-refractivity contribution in [3.05, 3.63) is 24.3 Å². The van der Waals surface area contributed by atoms with E-state index in [9.17, 15) is 8.42 Å². The van der Waals surface area contributed by atoms with Crippen LogP contribution < -0.4 is 15.0 Å². The molecule has 2 heterocycles. The van der Waals surface area contributed by atoms with Crippen LogP contribution in [0.2, 0.25) is 0 Å². The van der Waals surface area contributed by atoms with Crippen molar-refractivity contribution in [1.29, 1.82) is 0 Å². The molecule has 0 atom stereocenters. The normalized spacial score (nSPS) is 19.9. The number of halogens is 1.